The highest BCUT2D eigenvalue weighted by molar-refractivity contribution is 5.51. The van der Waals surface area contributed by atoms with Crippen LogP contribution in [-0.2, 0) is 6.54 Å². The van der Waals surface area contributed by atoms with Crippen molar-refractivity contribution < 1.29 is 8.78 Å². The van der Waals surface area contributed by atoms with Gasteiger partial charge in [-0.05, 0) is 60.9 Å². The molecule has 0 heterocycles. The Morgan fingerprint density at radius 3 is 2.11 bits per heavy atom. The third kappa shape index (κ3) is 2.86. The van der Waals surface area contributed by atoms with Crippen molar-refractivity contribution in [1.29, 1.82) is 0 Å². The van der Waals surface area contributed by atoms with E-state index in [0.717, 1.165) is 22.4 Å². The Morgan fingerprint density at radius 1 is 0.889 bits per heavy atom. The number of anilines is 1. The third-order valence-corrected chi connectivity index (χ3v) is 2.96. The van der Waals surface area contributed by atoms with Gasteiger partial charge in [0.05, 0.1) is 0 Å². The van der Waals surface area contributed by atoms with Crippen molar-refractivity contribution in [2.45, 2.75) is 20.4 Å². The maximum atomic E-state index is 13.0. The minimum atomic E-state index is -0.240. The van der Waals surface area contributed by atoms with Crippen LogP contribution in [0.1, 0.15) is 16.7 Å². The number of hydrogen-bond donors (Lipinski definition) is 1. The summed E-state index contributed by atoms with van der Waals surface area (Å²) < 4.78 is 25.9. The molecule has 1 N–H and O–H groups in total. The van der Waals surface area contributed by atoms with E-state index in [1.807, 2.05) is 13.8 Å². The Morgan fingerprint density at radius 2 is 1.50 bits per heavy atom. The first-order valence-corrected chi connectivity index (χ1v) is 5.81. The number of hydrogen-bond acceptors (Lipinski definition) is 1. The average Bonchev–Trinajstić information content (AvgIpc) is 2.30. The summed E-state index contributed by atoms with van der Waals surface area (Å²) >= 11 is 0. The van der Waals surface area contributed by atoms with E-state index in [1.165, 1.54) is 24.3 Å². The molecule has 0 amide bonds. The summed E-state index contributed by atoms with van der Waals surface area (Å²) in [5.74, 6) is -0.467. The van der Waals surface area contributed by atoms with Crippen molar-refractivity contribution in [2.24, 2.45) is 0 Å². The minimum absolute atomic E-state index is 0.228. The fourth-order valence-corrected chi connectivity index (χ4v) is 1.87. The first kappa shape index (κ1) is 12.6. The fraction of sp³-hybridized carbons (Fsp3) is 0.200. The average molecular weight is 247 g/mol. The summed E-state index contributed by atoms with van der Waals surface area (Å²) in [5.41, 5.74) is 3.68. The molecule has 0 aromatic heterocycles. The van der Waals surface area contributed by atoms with Crippen LogP contribution in [0.2, 0.25) is 0 Å². The van der Waals surface area contributed by atoms with Gasteiger partial charge in [0, 0.05) is 12.2 Å². The van der Waals surface area contributed by atoms with E-state index in [1.54, 1.807) is 12.1 Å². The Bertz CT molecular complexity index is 513. The molecule has 0 saturated heterocycles. The Hall–Kier alpha value is -1.90. The van der Waals surface area contributed by atoms with Gasteiger partial charge in [-0.15, -0.1) is 0 Å². The molecule has 0 aliphatic heterocycles. The molecule has 0 spiro atoms. The number of rotatable bonds is 3. The lowest BCUT2D eigenvalue weighted by Gasteiger charge is -2.11. The second kappa shape index (κ2) is 5.17. The highest BCUT2D eigenvalue weighted by Gasteiger charge is 2.02. The van der Waals surface area contributed by atoms with Gasteiger partial charge in [0.25, 0.3) is 0 Å². The Kier molecular flexibility index (Phi) is 3.60. The first-order chi connectivity index (χ1) is 8.56. The van der Waals surface area contributed by atoms with E-state index in [0.29, 0.717) is 6.54 Å². The van der Waals surface area contributed by atoms with Crippen LogP contribution >= 0.6 is 0 Å². The molecule has 0 unspecified atom stereocenters. The molecule has 2 aromatic rings. The second-order valence-corrected chi connectivity index (χ2v) is 4.38. The van der Waals surface area contributed by atoms with Gasteiger partial charge < -0.3 is 5.32 Å². The lowest BCUT2D eigenvalue weighted by Crippen LogP contribution is -2.03. The number of benzene rings is 2. The van der Waals surface area contributed by atoms with Crippen molar-refractivity contribution in [3.8, 4) is 0 Å². The first-order valence-electron chi connectivity index (χ1n) is 5.81. The lowest BCUT2D eigenvalue weighted by atomic mass is 10.1. The zero-order valence-corrected chi connectivity index (χ0v) is 10.4. The summed E-state index contributed by atoms with van der Waals surface area (Å²) in [5, 5.41) is 3.23. The predicted octanol–water partition coefficient (Wildman–Crippen LogP) is 4.19. The van der Waals surface area contributed by atoms with Gasteiger partial charge in [-0.3, -0.25) is 0 Å². The molecular weight excluding hydrogens is 232 g/mol. The van der Waals surface area contributed by atoms with Gasteiger partial charge in [0.2, 0.25) is 0 Å². The molecule has 0 atom stereocenters. The van der Waals surface area contributed by atoms with Crippen LogP contribution in [0.25, 0.3) is 0 Å². The maximum absolute atomic E-state index is 13.0. The normalized spacial score (nSPS) is 10.4. The Balaban J connectivity index is 2.11. The van der Waals surface area contributed by atoms with Crippen LogP contribution in [0.4, 0.5) is 14.5 Å². The molecule has 0 aliphatic carbocycles. The van der Waals surface area contributed by atoms with Gasteiger partial charge in [-0.1, -0.05) is 6.07 Å². The van der Waals surface area contributed by atoms with Gasteiger partial charge in [0.1, 0.15) is 11.6 Å². The van der Waals surface area contributed by atoms with Crippen molar-refractivity contribution >= 4 is 5.69 Å². The number of aryl methyl sites for hydroxylation is 2. The molecule has 2 rings (SSSR count). The molecule has 2 aromatic carbocycles. The largest absolute Gasteiger partial charge is 0.381 e. The molecule has 0 aliphatic rings. The molecule has 0 bridgehead atoms. The third-order valence-electron chi connectivity index (χ3n) is 2.96. The summed E-state index contributed by atoms with van der Waals surface area (Å²) in [6.07, 6.45) is 0. The van der Waals surface area contributed by atoms with Crippen LogP contribution in [0.3, 0.4) is 0 Å². The van der Waals surface area contributed by atoms with Crippen molar-refractivity contribution in [2.75, 3.05) is 5.32 Å². The predicted molar refractivity (Wildman–Crippen MR) is 69.6 cm³/mol. The minimum Gasteiger partial charge on any atom is -0.381 e. The van der Waals surface area contributed by atoms with Gasteiger partial charge in [-0.2, -0.15) is 0 Å². The molecule has 0 saturated carbocycles. The molecule has 94 valence electrons. The van der Waals surface area contributed by atoms with E-state index in [2.05, 4.69) is 5.32 Å². The smallest absolute Gasteiger partial charge is 0.123 e. The topological polar surface area (TPSA) is 12.0 Å². The SMILES string of the molecule is Cc1cc(F)ccc1CNc1ccc(F)cc1C. The fourth-order valence-electron chi connectivity index (χ4n) is 1.87. The van der Waals surface area contributed by atoms with Gasteiger partial charge in [-0.25, -0.2) is 8.78 Å². The highest BCUT2D eigenvalue weighted by atomic mass is 19.1. The quantitative estimate of drug-likeness (QED) is 0.857. The van der Waals surface area contributed by atoms with Crippen molar-refractivity contribution in [3.05, 3.63) is 64.7 Å². The zero-order chi connectivity index (χ0) is 13.1. The second-order valence-electron chi connectivity index (χ2n) is 4.38. The van der Waals surface area contributed by atoms with Crippen LogP contribution in [-0.4, -0.2) is 0 Å². The molecular formula is C15H15F2N. The molecule has 1 nitrogen and oxygen atoms in total. The van der Waals surface area contributed by atoms with Crippen LogP contribution in [0, 0.1) is 25.5 Å². The summed E-state index contributed by atoms with van der Waals surface area (Å²) in [4.78, 5) is 0. The Labute approximate surface area is 105 Å². The van der Waals surface area contributed by atoms with E-state index >= 15 is 0 Å². The summed E-state index contributed by atoms with van der Waals surface area (Å²) in [7, 11) is 0. The monoisotopic (exact) mass is 247 g/mol. The van der Waals surface area contributed by atoms with E-state index in [9.17, 15) is 8.78 Å². The summed E-state index contributed by atoms with van der Waals surface area (Å²) in [6.45, 7) is 4.32. The van der Waals surface area contributed by atoms with Crippen molar-refractivity contribution in [3.63, 3.8) is 0 Å². The van der Waals surface area contributed by atoms with E-state index < -0.39 is 0 Å². The maximum Gasteiger partial charge on any atom is 0.123 e. The standard InChI is InChI=1S/C15H15F2N/c1-10-7-13(16)4-3-12(10)9-18-15-6-5-14(17)8-11(15)2/h3-8,18H,9H2,1-2H3. The number of nitrogens with one attached hydrogen (secondary N) is 1. The van der Waals surface area contributed by atoms with Crippen LogP contribution < -0.4 is 5.32 Å². The molecule has 0 radical (unpaired) electrons. The van der Waals surface area contributed by atoms with Gasteiger partial charge >= 0.3 is 0 Å². The highest BCUT2D eigenvalue weighted by Crippen LogP contribution is 2.18. The zero-order valence-electron chi connectivity index (χ0n) is 10.4. The van der Waals surface area contributed by atoms with Crippen LogP contribution in [0.15, 0.2) is 36.4 Å². The van der Waals surface area contributed by atoms with Crippen LogP contribution in [0.5, 0.6) is 0 Å². The van der Waals surface area contributed by atoms with Crippen molar-refractivity contribution in [1.82, 2.24) is 0 Å². The lowest BCUT2D eigenvalue weighted by molar-refractivity contribution is 0.625. The molecule has 3 heteroatoms. The number of halogens is 2. The van der Waals surface area contributed by atoms with E-state index in [-0.39, 0.29) is 11.6 Å². The molecule has 0 fully saturated rings. The molecule has 18 heavy (non-hydrogen) atoms. The van der Waals surface area contributed by atoms with Gasteiger partial charge in [0.15, 0.2) is 0 Å². The summed E-state index contributed by atoms with van der Waals surface area (Å²) in [6, 6.07) is 9.34. The van der Waals surface area contributed by atoms with E-state index in [4.69, 9.17) is 0 Å².